The molecule has 1 N–H and O–H groups in total. The Bertz CT molecular complexity index is 1040. The van der Waals surface area contributed by atoms with Crippen LogP contribution in [0.2, 0.25) is 10.0 Å². The Hall–Kier alpha value is -2.89. The Kier molecular flexibility index (Phi) is 7.08. The van der Waals surface area contributed by atoms with E-state index in [4.69, 9.17) is 32.7 Å². The Morgan fingerprint density at radius 3 is 2.37 bits per heavy atom. The molecule has 0 aliphatic rings. The Labute approximate surface area is 184 Å². The molecule has 3 rings (SSSR count). The van der Waals surface area contributed by atoms with Crippen LogP contribution in [0.1, 0.15) is 11.1 Å². The van der Waals surface area contributed by atoms with E-state index < -0.39 is 5.97 Å². The van der Waals surface area contributed by atoms with E-state index in [-0.39, 0.29) is 12.4 Å². The summed E-state index contributed by atoms with van der Waals surface area (Å²) in [5.41, 5.74) is 3.14. The van der Waals surface area contributed by atoms with Gasteiger partial charge in [-0.15, -0.1) is 0 Å². The maximum Gasteiger partial charge on any atom is 0.343 e. The van der Waals surface area contributed by atoms with Crippen molar-refractivity contribution in [3.8, 4) is 28.4 Å². The highest BCUT2D eigenvalue weighted by molar-refractivity contribution is 6.36. The third-order valence-electron chi connectivity index (χ3n) is 4.52. The van der Waals surface area contributed by atoms with Gasteiger partial charge in [-0.3, -0.25) is 0 Å². The van der Waals surface area contributed by atoms with Crippen LogP contribution in [0.25, 0.3) is 11.1 Å². The zero-order valence-electron chi connectivity index (χ0n) is 16.4. The van der Waals surface area contributed by atoms with E-state index in [1.807, 2.05) is 36.4 Å². The molecule has 0 fully saturated rings. The molecule has 0 saturated heterocycles. The molecule has 0 bridgehead atoms. The van der Waals surface area contributed by atoms with Gasteiger partial charge >= 0.3 is 5.97 Å². The summed E-state index contributed by atoms with van der Waals surface area (Å²) in [6.45, 7) is -0.232. The number of benzene rings is 3. The standard InChI is InChI=1S/C23H20Cl2O5/c1-28-16-5-3-4-15(10-16)18-8-14(6-7-22(18)26)9-19-20(24)11-17(12-21(19)25)30-13-23(27)29-2/h3-8,10-12,26H,9,13H2,1-2H3. The van der Waals surface area contributed by atoms with E-state index in [1.54, 1.807) is 25.3 Å². The van der Waals surface area contributed by atoms with Gasteiger partial charge in [0.2, 0.25) is 0 Å². The van der Waals surface area contributed by atoms with Gasteiger partial charge in [-0.25, -0.2) is 4.79 Å². The first-order valence-electron chi connectivity index (χ1n) is 9.05. The smallest absolute Gasteiger partial charge is 0.343 e. The average Bonchev–Trinajstić information content (AvgIpc) is 2.75. The third kappa shape index (κ3) is 5.17. The third-order valence-corrected chi connectivity index (χ3v) is 5.20. The highest BCUT2D eigenvalue weighted by atomic mass is 35.5. The molecule has 7 heteroatoms. The quantitative estimate of drug-likeness (QED) is 0.484. The molecular weight excluding hydrogens is 427 g/mol. The summed E-state index contributed by atoms with van der Waals surface area (Å²) in [6, 6.07) is 16.0. The fourth-order valence-corrected chi connectivity index (χ4v) is 3.55. The normalized spacial score (nSPS) is 10.5. The predicted molar refractivity (Wildman–Crippen MR) is 117 cm³/mol. The molecule has 0 spiro atoms. The first kappa shape index (κ1) is 21.8. The van der Waals surface area contributed by atoms with Gasteiger partial charge in [-0.05, 0) is 53.1 Å². The fraction of sp³-hybridized carbons (Fsp3) is 0.174. The molecule has 0 amide bonds. The lowest BCUT2D eigenvalue weighted by molar-refractivity contribution is -0.142. The number of phenols is 1. The van der Waals surface area contributed by atoms with Crippen molar-refractivity contribution < 1.29 is 24.1 Å². The van der Waals surface area contributed by atoms with E-state index in [9.17, 15) is 9.90 Å². The lowest BCUT2D eigenvalue weighted by Gasteiger charge is -2.13. The highest BCUT2D eigenvalue weighted by Gasteiger charge is 2.13. The molecule has 3 aromatic rings. The molecule has 156 valence electrons. The second-order valence-electron chi connectivity index (χ2n) is 6.49. The summed E-state index contributed by atoms with van der Waals surface area (Å²) in [7, 11) is 2.88. The van der Waals surface area contributed by atoms with Gasteiger partial charge in [-0.1, -0.05) is 41.4 Å². The maximum atomic E-state index is 11.2. The van der Waals surface area contributed by atoms with Crippen LogP contribution in [-0.4, -0.2) is 31.9 Å². The number of hydrogen-bond acceptors (Lipinski definition) is 5. The van der Waals surface area contributed by atoms with Gasteiger partial charge in [0.1, 0.15) is 17.2 Å². The molecule has 0 aliphatic carbocycles. The first-order chi connectivity index (χ1) is 14.4. The summed E-state index contributed by atoms with van der Waals surface area (Å²) < 4.78 is 15.2. The van der Waals surface area contributed by atoms with Crippen LogP contribution in [0, 0.1) is 0 Å². The summed E-state index contributed by atoms with van der Waals surface area (Å²) in [4.78, 5) is 11.2. The number of aromatic hydroxyl groups is 1. The van der Waals surface area contributed by atoms with Crippen LogP contribution in [-0.2, 0) is 16.0 Å². The van der Waals surface area contributed by atoms with Gasteiger partial charge in [0.15, 0.2) is 6.61 Å². The summed E-state index contributed by atoms with van der Waals surface area (Å²) in [5.74, 6) is 0.740. The number of phenolic OH excluding ortho intramolecular Hbond substituents is 1. The zero-order valence-corrected chi connectivity index (χ0v) is 18.0. The number of esters is 1. The second-order valence-corrected chi connectivity index (χ2v) is 7.30. The molecule has 3 aromatic carbocycles. The lowest BCUT2D eigenvalue weighted by atomic mass is 9.98. The van der Waals surface area contributed by atoms with Crippen molar-refractivity contribution in [2.75, 3.05) is 20.8 Å². The van der Waals surface area contributed by atoms with Crippen LogP contribution in [0.15, 0.2) is 54.6 Å². The number of carbonyl (C=O) groups excluding carboxylic acids is 1. The Morgan fingerprint density at radius 1 is 0.967 bits per heavy atom. The minimum absolute atomic E-state index is 0.163. The minimum atomic E-state index is -0.500. The number of rotatable bonds is 7. The molecular formula is C23H20Cl2O5. The molecule has 0 aromatic heterocycles. The predicted octanol–water partition coefficient (Wildman–Crippen LogP) is 5.52. The van der Waals surface area contributed by atoms with E-state index in [0.717, 1.165) is 11.1 Å². The Morgan fingerprint density at radius 2 is 1.70 bits per heavy atom. The van der Waals surface area contributed by atoms with Gasteiger partial charge in [-0.2, -0.15) is 0 Å². The summed E-state index contributed by atoms with van der Waals surface area (Å²) in [5, 5.41) is 11.2. The van der Waals surface area contributed by atoms with Crippen LogP contribution in [0.4, 0.5) is 0 Å². The summed E-state index contributed by atoms with van der Waals surface area (Å²) >= 11 is 12.8. The van der Waals surface area contributed by atoms with Crippen LogP contribution in [0.3, 0.4) is 0 Å². The van der Waals surface area contributed by atoms with Crippen LogP contribution in [0.5, 0.6) is 17.2 Å². The van der Waals surface area contributed by atoms with E-state index in [0.29, 0.717) is 39.1 Å². The van der Waals surface area contributed by atoms with Gasteiger partial charge in [0.05, 0.1) is 14.2 Å². The fourth-order valence-electron chi connectivity index (χ4n) is 2.95. The monoisotopic (exact) mass is 446 g/mol. The molecule has 0 heterocycles. The lowest BCUT2D eigenvalue weighted by Crippen LogP contribution is -2.12. The molecule has 30 heavy (non-hydrogen) atoms. The van der Waals surface area contributed by atoms with Crippen molar-refractivity contribution in [3.05, 3.63) is 75.8 Å². The Balaban J connectivity index is 1.87. The minimum Gasteiger partial charge on any atom is -0.507 e. The number of methoxy groups -OCH3 is 2. The van der Waals surface area contributed by atoms with Crippen molar-refractivity contribution >= 4 is 29.2 Å². The molecule has 5 nitrogen and oxygen atoms in total. The van der Waals surface area contributed by atoms with E-state index >= 15 is 0 Å². The topological polar surface area (TPSA) is 65.0 Å². The largest absolute Gasteiger partial charge is 0.507 e. The van der Waals surface area contributed by atoms with Crippen LogP contribution < -0.4 is 9.47 Å². The molecule has 0 atom stereocenters. The summed E-state index contributed by atoms with van der Waals surface area (Å²) in [6.07, 6.45) is 0.451. The number of ether oxygens (including phenoxy) is 3. The SMILES string of the molecule is COC(=O)COc1cc(Cl)c(Cc2ccc(O)c(-c3cccc(OC)c3)c2)c(Cl)c1. The van der Waals surface area contributed by atoms with Crippen molar-refractivity contribution in [1.29, 1.82) is 0 Å². The van der Waals surface area contributed by atoms with Crippen molar-refractivity contribution in [2.45, 2.75) is 6.42 Å². The molecule has 0 aliphatic heterocycles. The number of carbonyl (C=O) groups is 1. The van der Waals surface area contributed by atoms with E-state index in [1.165, 1.54) is 7.11 Å². The highest BCUT2D eigenvalue weighted by Crippen LogP contribution is 2.35. The van der Waals surface area contributed by atoms with Gasteiger partial charge in [0.25, 0.3) is 0 Å². The molecule has 0 radical (unpaired) electrons. The van der Waals surface area contributed by atoms with Gasteiger partial charge < -0.3 is 19.3 Å². The number of halogens is 2. The second kappa shape index (κ2) is 9.74. The van der Waals surface area contributed by atoms with E-state index in [2.05, 4.69) is 4.74 Å². The maximum absolute atomic E-state index is 11.2. The number of hydrogen-bond donors (Lipinski definition) is 1. The molecule has 0 unspecified atom stereocenters. The first-order valence-corrected chi connectivity index (χ1v) is 9.80. The average molecular weight is 447 g/mol. The van der Waals surface area contributed by atoms with Crippen molar-refractivity contribution in [2.24, 2.45) is 0 Å². The van der Waals surface area contributed by atoms with Crippen LogP contribution >= 0.6 is 23.2 Å². The van der Waals surface area contributed by atoms with Gasteiger partial charge in [0, 0.05) is 22.0 Å². The van der Waals surface area contributed by atoms with Crippen molar-refractivity contribution in [1.82, 2.24) is 0 Å². The van der Waals surface area contributed by atoms with Crippen molar-refractivity contribution in [3.63, 3.8) is 0 Å². The zero-order chi connectivity index (χ0) is 21.7. The molecule has 0 saturated carbocycles.